The van der Waals surface area contributed by atoms with E-state index in [1.807, 2.05) is 61.9 Å². The number of fused-ring (bicyclic) bond motifs is 2. The third-order valence-corrected chi connectivity index (χ3v) is 6.15. The van der Waals surface area contributed by atoms with Crippen LogP contribution in [-0.2, 0) is 13.5 Å². The number of nitrogens with zero attached hydrogens (tertiary/aromatic N) is 2. The van der Waals surface area contributed by atoms with Crippen molar-refractivity contribution in [2.45, 2.75) is 26.7 Å². The Labute approximate surface area is 190 Å². The maximum atomic E-state index is 12.8. The number of anilines is 1. The fraction of sp³-hybridized carbons (Fsp3) is 0.231. The maximum absolute atomic E-state index is 12.8. The first-order valence-corrected chi connectivity index (χ1v) is 10.8. The van der Waals surface area contributed by atoms with Crippen LogP contribution in [-0.4, -0.2) is 26.2 Å². The topological polar surface area (TPSA) is 96.9 Å². The van der Waals surface area contributed by atoms with Gasteiger partial charge >= 0.3 is 0 Å². The Morgan fingerprint density at radius 3 is 2.52 bits per heavy atom. The number of pyridine rings is 1. The van der Waals surface area contributed by atoms with Crippen molar-refractivity contribution in [2.24, 2.45) is 12.5 Å². The van der Waals surface area contributed by atoms with Gasteiger partial charge in [0, 0.05) is 36.0 Å². The van der Waals surface area contributed by atoms with Gasteiger partial charge in [0.1, 0.15) is 11.4 Å². The number of hydrogen-bond donors (Lipinski definition) is 2. The third-order valence-electron chi connectivity index (χ3n) is 6.15. The highest BCUT2D eigenvalue weighted by atomic mass is 16.2. The number of aromatic nitrogens is 3. The van der Waals surface area contributed by atoms with Crippen LogP contribution in [0.1, 0.15) is 46.7 Å². The lowest BCUT2D eigenvalue weighted by Crippen LogP contribution is -2.32. The summed E-state index contributed by atoms with van der Waals surface area (Å²) in [6.07, 6.45) is 0.978. The number of ketones is 1. The molecule has 0 radical (unpaired) electrons. The van der Waals surface area contributed by atoms with E-state index >= 15 is 0 Å². The smallest absolute Gasteiger partial charge is 0.261 e. The van der Waals surface area contributed by atoms with E-state index in [4.69, 9.17) is 0 Å². The number of hydrogen-bond acceptors (Lipinski definition) is 4. The molecule has 0 unspecified atom stereocenters. The fourth-order valence-electron chi connectivity index (χ4n) is 4.50. The molecular weight excluding hydrogens is 416 g/mol. The molecule has 7 nitrogen and oxygen atoms in total. The van der Waals surface area contributed by atoms with Gasteiger partial charge in [0.15, 0.2) is 5.78 Å². The van der Waals surface area contributed by atoms with Crippen molar-refractivity contribution < 1.29 is 9.59 Å². The van der Waals surface area contributed by atoms with Crippen LogP contribution in [0.2, 0.25) is 0 Å². The molecule has 0 saturated carbocycles. The molecule has 2 aromatic heterocycles. The molecule has 1 aliphatic carbocycles. The van der Waals surface area contributed by atoms with Crippen LogP contribution in [0.25, 0.3) is 22.4 Å². The number of imidazole rings is 1. The lowest BCUT2D eigenvalue weighted by Gasteiger charge is -2.29. The molecule has 166 valence electrons. The van der Waals surface area contributed by atoms with Crippen molar-refractivity contribution in [2.75, 3.05) is 5.32 Å². The molecule has 0 spiro atoms. The van der Waals surface area contributed by atoms with Gasteiger partial charge in [-0.2, -0.15) is 0 Å². The summed E-state index contributed by atoms with van der Waals surface area (Å²) in [7, 11) is 1.96. The SMILES string of the molecule is Cn1c(-c2ccc(NC(=O)c3cc4c([nH]c3=O)CC(C)(C)CC4=O)cc2)nc2ccccc21. The fourth-order valence-corrected chi connectivity index (χ4v) is 4.50. The first kappa shape index (κ1) is 20.9. The van der Waals surface area contributed by atoms with Crippen LogP contribution >= 0.6 is 0 Å². The van der Waals surface area contributed by atoms with Crippen LogP contribution in [0.15, 0.2) is 59.4 Å². The molecule has 0 atom stereocenters. The number of H-pyrrole nitrogens is 1. The molecule has 0 fully saturated rings. The number of aromatic amines is 1. The van der Waals surface area contributed by atoms with Gasteiger partial charge in [-0.25, -0.2) is 4.98 Å². The number of Topliss-reactive ketones (excluding diaryl/α,β-unsaturated/α-hetero) is 1. The van der Waals surface area contributed by atoms with Crippen molar-refractivity contribution >= 4 is 28.4 Å². The molecule has 5 rings (SSSR count). The van der Waals surface area contributed by atoms with Gasteiger partial charge < -0.3 is 14.9 Å². The number of aryl methyl sites for hydroxylation is 1. The van der Waals surface area contributed by atoms with Crippen LogP contribution in [0.4, 0.5) is 5.69 Å². The summed E-state index contributed by atoms with van der Waals surface area (Å²) in [6.45, 7) is 3.98. The maximum Gasteiger partial charge on any atom is 0.261 e. The van der Waals surface area contributed by atoms with Crippen LogP contribution < -0.4 is 10.9 Å². The van der Waals surface area contributed by atoms with Crippen molar-refractivity contribution in [3.63, 3.8) is 0 Å². The highest BCUT2D eigenvalue weighted by Gasteiger charge is 2.32. The third kappa shape index (κ3) is 3.75. The minimum atomic E-state index is -0.549. The number of nitrogens with one attached hydrogen (secondary N) is 2. The summed E-state index contributed by atoms with van der Waals surface area (Å²) in [4.78, 5) is 45.4. The van der Waals surface area contributed by atoms with E-state index in [1.54, 1.807) is 12.1 Å². The predicted molar refractivity (Wildman–Crippen MR) is 128 cm³/mol. The van der Waals surface area contributed by atoms with Crippen LogP contribution in [0.5, 0.6) is 0 Å². The molecule has 4 aromatic rings. The Morgan fingerprint density at radius 1 is 1.06 bits per heavy atom. The predicted octanol–water partition coefficient (Wildman–Crippen LogP) is 4.34. The second-order valence-corrected chi connectivity index (χ2v) is 9.36. The Bertz CT molecular complexity index is 1480. The monoisotopic (exact) mass is 440 g/mol. The second-order valence-electron chi connectivity index (χ2n) is 9.36. The van der Waals surface area contributed by atoms with Gasteiger partial charge in [-0.15, -0.1) is 0 Å². The molecule has 0 saturated heterocycles. The molecular formula is C26H24N4O3. The van der Waals surface area contributed by atoms with Crippen molar-refractivity contribution in [1.82, 2.24) is 14.5 Å². The lowest BCUT2D eigenvalue weighted by molar-refractivity contribution is 0.0910. The average Bonchev–Trinajstić information content (AvgIpc) is 3.10. The van der Waals surface area contributed by atoms with E-state index in [9.17, 15) is 14.4 Å². The molecule has 1 aliphatic rings. The summed E-state index contributed by atoms with van der Waals surface area (Å²) in [5.41, 5.74) is 3.66. The standard InChI is InChI=1S/C26H24N4O3/c1-26(2)13-20-17(22(31)14-26)12-18(25(33)29-20)24(32)27-16-10-8-15(9-11-16)23-28-19-6-4-5-7-21(19)30(23)3/h4-12H,13-14H2,1-3H3,(H,27,32)(H,29,33). The molecule has 7 heteroatoms. The van der Waals surface area contributed by atoms with E-state index < -0.39 is 11.5 Å². The first-order valence-electron chi connectivity index (χ1n) is 10.8. The molecule has 0 aliphatic heterocycles. The number of carbonyl (C=O) groups is 2. The number of rotatable bonds is 3. The van der Waals surface area contributed by atoms with E-state index in [1.165, 1.54) is 6.07 Å². The zero-order valence-electron chi connectivity index (χ0n) is 18.7. The number of benzene rings is 2. The zero-order valence-corrected chi connectivity index (χ0v) is 18.7. The van der Waals surface area contributed by atoms with Gasteiger partial charge in [-0.05, 0) is 54.3 Å². The minimum Gasteiger partial charge on any atom is -0.327 e. The molecule has 1 amide bonds. The highest BCUT2D eigenvalue weighted by molar-refractivity contribution is 6.06. The van der Waals surface area contributed by atoms with Gasteiger partial charge in [0.25, 0.3) is 11.5 Å². The Hall–Kier alpha value is -4.00. The zero-order chi connectivity index (χ0) is 23.3. The average molecular weight is 441 g/mol. The van der Waals surface area contributed by atoms with E-state index in [0.717, 1.165) is 22.4 Å². The number of amides is 1. The molecule has 2 heterocycles. The van der Waals surface area contributed by atoms with Gasteiger partial charge in [0.2, 0.25) is 0 Å². The summed E-state index contributed by atoms with van der Waals surface area (Å²) < 4.78 is 2.02. The number of para-hydroxylation sites is 2. The first-order chi connectivity index (χ1) is 15.7. The van der Waals surface area contributed by atoms with Gasteiger partial charge in [0.05, 0.1) is 11.0 Å². The Morgan fingerprint density at radius 2 is 1.79 bits per heavy atom. The molecule has 2 aromatic carbocycles. The summed E-state index contributed by atoms with van der Waals surface area (Å²) in [5, 5.41) is 2.76. The summed E-state index contributed by atoms with van der Waals surface area (Å²) >= 11 is 0. The van der Waals surface area contributed by atoms with E-state index in [-0.39, 0.29) is 16.8 Å². The van der Waals surface area contributed by atoms with Crippen LogP contribution in [0.3, 0.4) is 0 Å². The highest BCUT2D eigenvalue weighted by Crippen LogP contribution is 2.33. The van der Waals surface area contributed by atoms with Gasteiger partial charge in [-0.3, -0.25) is 14.4 Å². The normalized spacial score (nSPS) is 14.8. The van der Waals surface area contributed by atoms with E-state index in [2.05, 4.69) is 15.3 Å². The molecule has 0 bridgehead atoms. The number of carbonyl (C=O) groups excluding carboxylic acids is 2. The molecule has 2 N–H and O–H groups in total. The minimum absolute atomic E-state index is 0.0571. The van der Waals surface area contributed by atoms with Crippen molar-refractivity contribution in [1.29, 1.82) is 0 Å². The Balaban J connectivity index is 1.40. The van der Waals surface area contributed by atoms with Crippen LogP contribution in [0, 0.1) is 5.41 Å². The lowest BCUT2D eigenvalue weighted by atomic mass is 9.75. The summed E-state index contributed by atoms with van der Waals surface area (Å²) in [5.74, 6) is 0.215. The summed E-state index contributed by atoms with van der Waals surface area (Å²) in [6, 6.07) is 16.6. The van der Waals surface area contributed by atoms with Crippen molar-refractivity contribution in [3.8, 4) is 11.4 Å². The quantitative estimate of drug-likeness (QED) is 0.495. The van der Waals surface area contributed by atoms with Gasteiger partial charge in [-0.1, -0.05) is 26.0 Å². The second kappa shape index (κ2) is 7.55. The Kier molecular flexibility index (Phi) is 4.78. The van der Waals surface area contributed by atoms with Crippen molar-refractivity contribution in [3.05, 3.63) is 81.8 Å². The van der Waals surface area contributed by atoms with E-state index in [0.29, 0.717) is 29.8 Å². The molecule has 33 heavy (non-hydrogen) atoms. The largest absolute Gasteiger partial charge is 0.327 e.